The SMILES string of the molecule is CCc1cccc(C(NN)c2cc(Cl)ccc2F)c1. The lowest BCUT2D eigenvalue weighted by Crippen LogP contribution is -2.29. The average Bonchev–Trinajstić information content (AvgIpc) is 2.44. The Balaban J connectivity index is 2.46. The fourth-order valence-corrected chi connectivity index (χ4v) is 2.27. The Morgan fingerprint density at radius 3 is 2.74 bits per heavy atom. The van der Waals surface area contributed by atoms with E-state index in [1.54, 1.807) is 6.07 Å². The van der Waals surface area contributed by atoms with Gasteiger partial charge in [0, 0.05) is 10.6 Å². The van der Waals surface area contributed by atoms with Crippen LogP contribution in [0.2, 0.25) is 5.02 Å². The maximum Gasteiger partial charge on any atom is 0.128 e. The van der Waals surface area contributed by atoms with Crippen LogP contribution in [-0.2, 0) is 6.42 Å². The first kappa shape index (κ1) is 14.0. The first-order chi connectivity index (χ1) is 9.15. The molecule has 19 heavy (non-hydrogen) atoms. The van der Waals surface area contributed by atoms with E-state index < -0.39 is 6.04 Å². The van der Waals surface area contributed by atoms with Gasteiger partial charge in [0.2, 0.25) is 0 Å². The molecular formula is C15H16ClFN2. The Hall–Kier alpha value is -1.42. The highest BCUT2D eigenvalue weighted by Gasteiger charge is 2.17. The monoisotopic (exact) mass is 278 g/mol. The molecule has 0 heterocycles. The molecule has 0 aromatic heterocycles. The number of halogens is 2. The van der Waals surface area contributed by atoms with Gasteiger partial charge in [0.1, 0.15) is 5.82 Å². The van der Waals surface area contributed by atoms with Crippen molar-refractivity contribution in [2.45, 2.75) is 19.4 Å². The Kier molecular flexibility index (Phi) is 4.53. The highest BCUT2D eigenvalue weighted by Crippen LogP contribution is 2.27. The van der Waals surface area contributed by atoms with Crippen LogP contribution in [0, 0.1) is 5.82 Å². The molecule has 1 atom stereocenters. The smallest absolute Gasteiger partial charge is 0.128 e. The molecule has 0 fully saturated rings. The highest BCUT2D eigenvalue weighted by molar-refractivity contribution is 6.30. The van der Waals surface area contributed by atoms with E-state index in [0.29, 0.717) is 10.6 Å². The van der Waals surface area contributed by atoms with Crippen LogP contribution in [0.4, 0.5) is 4.39 Å². The predicted octanol–water partition coefficient (Wildman–Crippen LogP) is 3.59. The van der Waals surface area contributed by atoms with Crippen molar-refractivity contribution in [1.29, 1.82) is 0 Å². The van der Waals surface area contributed by atoms with E-state index in [2.05, 4.69) is 12.3 Å². The first-order valence-corrected chi connectivity index (χ1v) is 6.53. The van der Waals surface area contributed by atoms with Gasteiger partial charge in [0.05, 0.1) is 6.04 Å². The summed E-state index contributed by atoms with van der Waals surface area (Å²) in [6, 6.07) is 12.0. The summed E-state index contributed by atoms with van der Waals surface area (Å²) in [5.74, 6) is 5.26. The van der Waals surface area contributed by atoms with Crippen LogP contribution < -0.4 is 11.3 Å². The topological polar surface area (TPSA) is 38.0 Å². The zero-order valence-electron chi connectivity index (χ0n) is 10.7. The molecule has 0 saturated heterocycles. The lowest BCUT2D eigenvalue weighted by molar-refractivity contribution is 0.560. The first-order valence-electron chi connectivity index (χ1n) is 6.15. The third-order valence-corrected chi connectivity index (χ3v) is 3.36. The maximum atomic E-state index is 13.9. The number of hydrogen-bond donors (Lipinski definition) is 2. The third-order valence-electron chi connectivity index (χ3n) is 3.13. The molecule has 0 aliphatic rings. The molecule has 0 saturated carbocycles. The Labute approximate surface area is 117 Å². The normalized spacial score (nSPS) is 12.4. The molecular weight excluding hydrogens is 263 g/mol. The Morgan fingerprint density at radius 1 is 1.26 bits per heavy atom. The Morgan fingerprint density at radius 2 is 2.05 bits per heavy atom. The summed E-state index contributed by atoms with van der Waals surface area (Å²) in [5.41, 5.74) is 5.20. The molecule has 2 aromatic rings. The van der Waals surface area contributed by atoms with Crippen LogP contribution in [0.3, 0.4) is 0 Å². The van der Waals surface area contributed by atoms with E-state index in [1.165, 1.54) is 17.7 Å². The second-order valence-corrected chi connectivity index (χ2v) is 4.80. The number of hydrogen-bond acceptors (Lipinski definition) is 2. The molecule has 0 aliphatic heterocycles. The summed E-state index contributed by atoms with van der Waals surface area (Å²) in [6.07, 6.45) is 0.920. The molecule has 1 unspecified atom stereocenters. The van der Waals surface area contributed by atoms with Gasteiger partial charge in [-0.25, -0.2) is 9.82 Å². The third kappa shape index (κ3) is 3.13. The minimum atomic E-state index is -0.412. The summed E-state index contributed by atoms with van der Waals surface area (Å²) < 4.78 is 13.9. The largest absolute Gasteiger partial charge is 0.271 e. The van der Waals surface area contributed by atoms with Gasteiger partial charge in [-0.1, -0.05) is 42.8 Å². The molecule has 100 valence electrons. The zero-order chi connectivity index (χ0) is 13.8. The molecule has 0 amide bonds. The van der Waals surface area contributed by atoms with Crippen LogP contribution >= 0.6 is 11.6 Å². The minimum absolute atomic E-state index is 0.325. The lowest BCUT2D eigenvalue weighted by Gasteiger charge is -2.18. The van der Waals surface area contributed by atoms with E-state index in [1.807, 2.05) is 24.3 Å². The van der Waals surface area contributed by atoms with Gasteiger partial charge in [0.25, 0.3) is 0 Å². The second-order valence-electron chi connectivity index (χ2n) is 4.36. The van der Waals surface area contributed by atoms with E-state index in [0.717, 1.165) is 12.0 Å². The molecule has 0 radical (unpaired) electrons. The molecule has 2 aromatic carbocycles. The zero-order valence-corrected chi connectivity index (χ0v) is 11.4. The van der Waals surface area contributed by atoms with E-state index in [4.69, 9.17) is 17.4 Å². The van der Waals surface area contributed by atoms with Crippen LogP contribution in [0.1, 0.15) is 29.7 Å². The fourth-order valence-electron chi connectivity index (χ4n) is 2.09. The standard InChI is InChI=1S/C15H16ClFN2/c1-2-10-4-3-5-11(8-10)15(19-18)13-9-12(16)6-7-14(13)17/h3-9,15,19H,2,18H2,1H3. The quantitative estimate of drug-likeness (QED) is 0.662. The van der Waals surface area contributed by atoms with Crippen LogP contribution in [-0.4, -0.2) is 0 Å². The van der Waals surface area contributed by atoms with Gasteiger partial charge < -0.3 is 0 Å². The van der Waals surface area contributed by atoms with Gasteiger partial charge in [-0.3, -0.25) is 5.84 Å². The number of rotatable bonds is 4. The summed E-state index contributed by atoms with van der Waals surface area (Å²) in [4.78, 5) is 0. The Bertz CT molecular complexity index is 572. The van der Waals surface area contributed by atoms with Crippen molar-refractivity contribution in [3.63, 3.8) is 0 Å². The molecule has 0 spiro atoms. The van der Waals surface area contributed by atoms with Crippen molar-refractivity contribution in [2.75, 3.05) is 0 Å². The van der Waals surface area contributed by atoms with Gasteiger partial charge in [-0.05, 0) is 35.7 Å². The molecule has 2 nitrogen and oxygen atoms in total. The molecule has 0 aliphatic carbocycles. The van der Waals surface area contributed by atoms with E-state index >= 15 is 0 Å². The number of aryl methyl sites for hydroxylation is 1. The molecule has 3 N–H and O–H groups in total. The number of benzene rings is 2. The van der Waals surface area contributed by atoms with Crippen molar-refractivity contribution in [1.82, 2.24) is 5.43 Å². The van der Waals surface area contributed by atoms with Crippen molar-refractivity contribution in [3.05, 3.63) is 70.0 Å². The summed E-state index contributed by atoms with van der Waals surface area (Å²) in [5, 5.41) is 0.489. The molecule has 0 bridgehead atoms. The molecule has 2 rings (SSSR count). The number of nitrogens with two attached hydrogens (primary N) is 1. The van der Waals surface area contributed by atoms with E-state index in [-0.39, 0.29) is 5.82 Å². The average molecular weight is 279 g/mol. The predicted molar refractivity (Wildman–Crippen MR) is 76.4 cm³/mol. The van der Waals surface area contributed by atoms with Crippen molar-refractivity contribution in [3.8, 4) is 0 Å². The number of hydrazine groups is 1. The van der Waals surface area contributed by atoms with Crippen LogP contribution in [0.25, 0.3) is 0 Å². The highest BCUT2D eigenvalue weighted by atomic mass is 35.5. The van der Waals surface area contributed by atoms with Crippen molar-refractivity contribution < 1.29 is 4.39 Å². The summed E-state index contributed by atoms with van der Waals surface area (Å²) in [7, 11) is 0. The maximum absolute atomic E-state index is 13.9. The van der Waals surface area contributed by atoms with E-state index in [9.17, 15) is 4.39 Å². The minimum Gasteiger partial charge on any atom is -0.271 e. The van der Waals surface area contributed by atoms with Gasteiger partial charge >= 0.3 is 0 Å². The fraction of sp³-hybridized carbons (Fsp3) is 0.200. The van der Waals surface area contributed by atoms with Gasteiger partial charge in [0.15, 0.2) is 0 Å². The van der Waals surface area contributed by atoms with Gasteiger partial charge in [-0.15, -0.1) is 0 Å². The van der Waals surface area contributed by atoms with Crippen LogP contribution in [0.5, 0.6) is 0 Å². The van der Waals surface area contributed by atoms with Crippen molar-refractivity contribution in [2.24, 2.45) is 5.84 Å². The second kappa shape index (κ2) is 6.15. The molecule has 4 heteroatoms. The summed E-state index contributed by atoms with van der Waals surface area (Å²) in [6.45, 7) is 2.07. The van der Waals surface area contributed by atoms with Gasteiger partial charge in [-0.2, -0.15) is 0 Å². The number of nitrogens with one attached hydrogen (secondary N) is 1. The lowest BCUT2D eigenvalue weighted by atomic mass is 9.96. The van der Waals surface area contributed by atoms with Crippen LogP contribution in [0.15, 0.2) is 42.5 Å². The summed E-state index contributed by atoms with van der Waals surface area (Å²) >= 11 is 5.93. The van der Waals surface area contributed by atoms with Crippen molar-refractivity contribution >= 4 is 11.6 Å².